The Bertz CT molecular complexity index is 285. The number of nitrogens with one attached hydrogen (secondary N) is 1. The second kappa shape index (κ2) is 4.56. The smallest absolute Gasteiger partial charge is 0.233 e. The van der Waals surface area contributed by atoms with Gasteiger partial charge in [-0.2, -0.15) is 9.36 Å². The average molecular weight is 214 g/mol. The molecule has 0 bridgehead atoms. The van der Waals surface area contributed by atoms with Gasteiger partial charge in [-0.3, -0.25) is 0 Å². The maximum atomic E-state index is 5.40. The van der Waals surface area contributed by atoms with E-state index >= 15 is 0 Å². The number of anilines is 2. The number of aromatic nitrogens is 2. The molecule has 0 spiro atoms. The molecule has 1 fully saturated rings. The lowest BCUT2D eigenvalue weighted by Gasteiger charge is -2.06. The van der Waals surface area contributed by atoms with Crippen molar-refractivity contribution in [1.82, 2.24) is 9.36 Å². The topological polar surface area (TPSA) is 73.1 Å². The molecule has 1 atom stereocenters. The van der Waals surface area contributed by atoms with Crippen molar-refractivity contribution in [2.45, 2.75) is 12.8 Å². The lowest BCUT2D eigenvalue weighted by molar-refractivity contribution is 0.185. The molecule has 0 saturated carbocycles. The maximum Gasteiger partial charge on any atom is 0.233 e. The van der Waals surface area contributed by atoms with Crippen molar-refractivity contribution in [2.24, 2.45) is 5.92 Å². The van der Waals surface area contributed by atoms with Crippen LogP contribution in [0.3, 0.4) is 0 Å². The Labute approximate surface area is 86.8 Å². The van der Waals surface area contributed by atoms with E-state index in [2.05, 4.69) is 14.7 Å². The van der Waals surface area contributed by atoms with Crippen LogP contribution in [0.5, 0.6) is 0 Å². The Morgan fingerprint density at radius 1 is 1.64 bits per heavy atom. The summed E-state index contributed by atoms with van der Waals surface area (Å²) < 4.78 is 9.18. The predicted molar refractivity (Wildman–Crippen MR) is 56.4 cm³/mol. The summed E-state index contributed by atoms with van der Waals surface area (Å²) in [6.07, 6.45) is 2.30. The Morgan fingerprint density at radius 2 is 2.57 bits per heavy atom. The first-order valence-electron chi connectivity index (χ1n) is 4.75. The van der Waals surface area contributed by atoms with Crippen LogP contribution in [0.2, 0.25) is 0 Å². The highest BCUT2D eigenvalue weighted by molar-refractivity contribution is 7.09. The van der Waals surface area contributed by atoms with Crippen LogP contribution in [0.25, 0.3) is 0 Å². The van der Waals surface area contributed by atoms with Crippen molar-refractivity contribution in [3.8, 4) is 0 Å². The molecule has 78 valence electrons. The molecule has 2 heterocycles. The van der Waals surface area contributed by atoms with Crippen molar-refractivity contribution in [1.29, 1.82) is 0 Å². The van der Waals surface area contributed by atoms with Gasteiger partial charge >= 0.3 is 0 Å². The van der Waals surface area contributed by atoms with Crippen molar-refractivity contribution in [3.05, 3.63) is 0 Å². The summed E-state index contributed by atoms with van der Waals surface area (Å²) in [5.74, 6) is 1.05. The summed E-state index contributed by atoms with van der Waals surface area (Å²) in [5.41, 5.74) is 5.40. The maximum absolute atomic E-state index is 5.40. The van der Waals surface area contributed by atoms with E-state index in [0.717, 1.165) is 31.3 Å². The third-order valence-corrected chi connectivity index (χ3v) is 2.98. The highest BCUT2D eigenvalue weighted by atomic mass is 32.1. The van der Waals surface area contributed by atoms with Gasteiger partial charge in [0.2, 0.25) is 11.1 Å². The van der Waals surface area contributed by atoms with E-state index in [1.807, 2.05) is 0 Å². The molecular formula is C8H14N4OS. The van der Waals surface area contributed by atoms with Gasteiger partial charge < -0.3 is 15.8 Å². The van der Waals surface area contributed by atoms with Crippen molar-refractivity contribution < 1.29 is 4.74 Å². The molecule has 0 aliphatic carbocycles. The number of hydrogen-bond donors (Lipinski definition) is 2. The third-order valence-electron chi connectivity index (χ3n) is 2.29. The van der Waals surface area contributed by atoms with E-state index in [9.17, 15) is 0 Å². The van der Waals surface area contributed by atoms with Crippen molar-refractivity contribution in [3.63, 3.8) is 0 Å². The molecule has 14 heavy (non-hydrogen) atoms. The van der Waals surface area contributed by atoms with Crippen LogP contribution in [0, 0.1) is 5.92 Å². The number of rotatable bonds is 4. The van der Waals surface area contributed by atoms with Gasteiger partial charge in [-0.15, -0.1) is 0 Å². The Kier molecular flexibility index (Phi) is 3.15. The van der Waals surface area contributed by atoms with Gasteiger partial charge in [-0.25, -0.2) is 0 Å². The van der Waals surface area contributed by atoms with Crippen molar-refractivity contribution in [2.75, 3.05) is 30.8 Å². The van der Waals surface area contributed by atoms with Gasteiger partial charge in [0.25, 0.3) is 0 Å². The first-order chi connectivity index (χ1) is 6.84. The fourth-order valence-electron chi connectivity index (χ4n) is 1.50. The monoisotopic (exact) mass is 214 g/mol. The SMILES string of the molecule is Nc1nsc(NCCC2CCOC2)n1. The second-order valence-corrected chi connectivity index (χ2v) is 4.15. The standard InChI is InChI=1S/C8H14N4OS/c9-7-11-8(14-12-7)10-3-1-6-2-4-13-5-6/h6H,1-5H2,(H3,9,10,11,12). The molecule has 1 aliphatic heterocycles. The number of ether oxygens (including phenoxy) is 1. The van der Waals surface area contributed by atoms with Gasteiger partial charge in [-0.05, 0) is 18.8 Å². The fourth-order valence-corrected chi connectivity index (χ4v) is 2.02. The zero-order chi connectivity index (χ0) is 9.80. The fraction of sp³-hybridized carbons (Fsp3) is 0.750. The summed E-state index contributed by atoms with van der Waals surface area (Å²) in [7, 11) is 0. The normalized spacial score (nSPS) is 21.3. The van der Waals surface area contributed by atoms with Crippen LogP contribution < -0.4 is 11.1 Å². The minimum atomic E-state index is 0.349. The second-order valence-electron chi connectivity index (χ2n) is 3.40. The number of hydrogen-bond acceptors (Lipinski definition) is 6. The summed E-state index contributed by atoms with van der Waals surface area (Å²) in [6, 6.07) is 0. The molecule has 0 amide bonds. The molecule has 1 aromatic heterocycles. The summed E-state index contributed by atoms with van der Waals surface area (Å²) in [4.78, 5) is 4.02. The molecule has 1 saturated heterocycles. The van der Waals surface area contributed by atoms with Gasteiger partial charge in [0.1, 0.15) is 0 Å². The number of nitrogen functional groups attached to an aromatic ring is 1. The average Bonchev–Trinajstić information content (AvgIpc) is 2.77. The van der Waals surface area contributed by atoms with E-state index in [1.165, 1.54) is 18.0 Å². The summed E-state index contributed by atoms with van der Waals surface area (Å²) >= 11 is 1.30. The minimum Gasteiger partial charge on any atom is -0.381 e. The first kappa shape index (κ1) is 9.67. The zero-order valence-corrected chi connectivity index (χ0v) is 8.72. The molecule has 5 nitrogen and oxygen atoms in total. The van der Waals surface area contributed by atoms with E-state index in [4.69, 9.17) is 10.5 Å². The van der Waals surface area contributed by atoms with Gasteiger partial charge in [0.05, 0.1) is 0 Å². The van der Waals surface area contributed by atoms with Gasteiger partial charge in [-0.1, -0.05) is 0 Å². The first-order valence-corrected chi connectivity index (χ1v) is 5.53. The van der Waals surface area contributed by atoms with Crippen LogP contribution in [-0.4, -0.2) is 29.1 Å². The largest absolute Gasteiger partial charge is 0.381 e. The molecule has 1 aromatic rings. The van der Waals surface area contributed by atoms with Crippen LogP contribution >= 0.6 is 11.5 Å². The molecule has 1 unspecified atom stereocenters. The molecule has 6 heteroatoms. The minimum absolute atomic E-state index is 0.349. The Balaban J connectivity index is 1.67. The Morgan fingerprint density at radius 3 is 3.21 bits per heavy atom. The van der Waals surface area contributed by atoms with Crippen LogP contribution in [0.4, 0.5) is 11.1 Å². The van der Waals surface area contributed by atoms with Crippen LogP contribution in [0.15, 0.2) is 0 Å². The molecular weight excluding hydrogens is 200 g/mol. The molecule has 2 rings (SSSR count). The highest BCUT2D eigenvalue weighted by Crippen LogP contribution is 2.17. The van der Waals surface area contributed by atoms with E-state index in [1.54, 1.807) is 0 Å². The summed E-state index contributed by atoms with van der Waals surface area (Å²) in [5, 5.41) is 4.01. The number of nitrogens with two attached hydrogens (primary N) is 1. The zero-order valence-electron chi connectivity index (χ0n) is 7.90. The van der Waals surface area contributed by atoms with E-state index < -0.39 is 0 Å². The summed E-state index contributed by atoms with van der Waals surface area (Å²) in [6.45, 7) is 2.74. The lowest BCUT2D eigenvalue weighted by atomic mass is 10.1. The quantitative estimate of drug-likeness (QED) is 0.781. The van der Waals surface area contributed by atoms with Crippen LogP contribution in [-0.2, 0) is 4.74 Å². The Hall–Kier alpha value is -0.880. The van der Waals surface area contributed by atoms with Crippen LogP contribution in [0.1, 0.15) is 12.8 Å². The van der Waals surface area contributed by atoms with Gasteiger partial charge in [0, 0.05) is 31.3 Å². The van der Waals surface area contributed by atoms with Crippen molar-refractivity contribution >= 4 is 22.6 Å². The highest BCUT2D eigenvalue weighted by Gasteiger charge is 2.14. The van der Waals surface area contributed by atoms with E-state index in [-0.39, 0.29) is 0 Å². The predicted octanol–water partition coefficient (Wildman–Crippen LogP) is 0.959. The molecule has 0 radical (unpaired) electrons. The molecule has 3 N–H and O–H groups in total. The molecule has 1 aliphatic rings. The van der Waals surface area contributed by atoms with Gasteiger partial charge in [0.15, 0.2) is 0 Å². The number of nitrogens with zero attached hydrogens (tertiary/aromatic N) is 2. The molecule has 0 aromatic carbocycles. The van der Waals surface area contributed by atoms with E-state index in [0.29, 0.717) is 11.9 Å². The third kappa shape index (κ3) is 2.55. The lowest BCUT2D eigenvalue weighted by Crippen LogP contribution is -2.08.